The van der Waals surface area contributed by atoms with Crippen molar-refractivity contribution in [2.45, 2.75) is 6.61 Å². The lowest BCUT2D eigenvalue weighted by molar-refractivity contribution is 0.308. The topological polar surface area (TPSA) is 56.0 Å². The molecule has 94 valence electrons. The maximum absolute atomic E-state index is 10.6. The lowest BCUT2D eigenvalue weighted by Crippen LogP contribution is -1.97. The van der Waals surface area contributed by atoms with Crippen LogP contribution in [-0.2, 0) is 6.61 Å². The molecule has 0 bridgehead atoms. The summed E-state index contributed by atoms with van der Waals surface area (Å²) >= 11 is 0. The fourth-order valence-corrected chi connectivity index (χ4v) is 1.89. The zero-order valence-electron chi connectivity index (χ0n) is 10.1. The Morgan fingerprint density at radius 2 is 2.00 bits per heavy atom. The van der Waals surface area contributed by atoms with E-state index in [1.807, 2.05) is 36.4 Å². The molecule has 0 aliphatic carbocycles. The molecule has 0 radical (unpaired) electrons. The highest BCUT2D eigenvalue weighted by Gasteiger charge is 2.08. The first-order valence-corrected chi connectivity index (χ1v) is 5.84. The second-order valence-corrected chi connectivity index (χ2v) is 4.05. The summed E-state index contributed by atoms with van der Waals surface area (Å²) in [7, 11) is 0. The van der Waals surface area contributed by atoms with Crippen LogP contribution in [0.5, 0.6) is 5.75 Å². The van der Waals surface area contributed by atoms with Crippen molar-refractivity contribution in [1.29, 1.82) is 0 Å². The quantitative estimate of drug-likeness (QED) is 0.670. The van der Waals surface area contributed by atoms with Gasteiger partial charge in [-0.1, -0.05) is 30.3 Å². The van der Waals surface area contributed by atoms with E-state index < -0.39 is 0 Å². The third-order valence-corrected chi connectivity index (χ3v) is 2.81. The number of hydrogen-bond donors (Lipinski definition) is 0. The zero-order chi connectivity index (χ0) is 13.1. The van der Waals surface area contributed by atoms with Gasteiger partial charge in [-0.25, -0.2) is 4.98 Å². The van der Waals surface area contributed by atoms with Gasteiger partial charge >= 0.3 is 0 Å². The van der Waals surface area contributed by atoms with Crippen molar-refractivity contribution in [2.75, 3.05) is 0 Å². The first kappa shape index (κ1) is 11.4. The predicted molar refractivity (Wildman–Crippen MR) is 71.4 cm³/mol. The highest BCUT2D eigenvalue weighted by molar-refractivity contribution is 5.58. The second kappa shape index (κ2) is 4.89. The van der Waals surface area contributed by atoms with E-state index in [1.165, 1.54) is 6.20 Å². The van der Waals surface area contributed by atoms with Crippen LogP contribution in [0.4, 0.5) is 5.82 Å². The molecule has 0 fully saturated rings. The van der Waals surface area contributed by atoms with Crippen molar-refractivity contribution in [2.24, 2.45) is 5.18 Å². The Balaban J connectivity index is 1.89. The van der Waals surface area contributed by atoms with E-state index in [-0.39, 0.29) is 5.82 Å². The minimum atomic E-state index is 0.264. The van der Waals surface area contributed by atoms with Gasteiger partial charge in [0.05, 0.1) is 6.20 Å². The summed E-state index contributed by atoms with van der Waals surface area (Å²) in [5, 5.41) is 2.91. The van der Waals surface area contributed by atoms with Gasteiger partial charge in [0.2, 0.25) is 5.82 Å². The second-order valence-electron chi connectivity index (χ2n) is 4.05. The highest BCUT2D eigenvalue weighted by atomic mass is 16.5. The smallest absolute Gasteiger partial charge is 0.201 e. The molecule has 3 rings (SSSR count). The molecule has 0 unspecified atom stereocenters. The molecule has 0 aliphatic heterocycles. The van der Waals surface area contributed by atoms with Gasteiger partial charge < -0.3 is 4.74 Å². The summed E-state index contributed by atoms with van der Waals surface area (Å²) < 4.78 is 7.34. The van der Waals surface area contributed by atoms with Gasteiger partial charge in [0, 0.05) is 6.20 Å². The lowest BCUT2D eigenvalue weighted by Gasteiger charge is -2.07. The van der Waals surface area contributed by atoms with Crippen molar-refractivity contribution in [3.63, 3.8) is 0 Å². The van der Waals surface area contributed by atoms with Gasteiger partial charge in [-0.3, -0.25) is 4.40 Å². The van der Waals surface area contributed by atoms with Crippen molar-refractivity contribution in [1.82, 2.24) is 9.38 Å². The molecular weight excluding hydrogens is 242 g/mol. The van der Waals surface area contributed by atoms with Crippen LogP contribution < -0.4 is 4.74 Å². The van der Waals surface area contributed by atoms with E-state index in [4.69, 9.17) is 4.74 Å². The number of fused-ring (bicyclic) bond motifs is 1. The predicted octanol–water partition coefficient (Wildman–Crippen LogP) is 3.31. The fourth-order valence-electron chi connectivity index (χ4n) is 1.89. The molecule has 2 heterocycles. The maximum Gasteiger partial charge on any atom is 0.201 e. The SMILES string of the molecule is O=Nc1cnc2c(OCc3ccccc3)cccn12. The molecular formula is C14H11N3O2. The molecule has 19 heavy (non-hydrogen) atoms. The molecule has 1 aromatic carbocycles. The van der Waals surface area contributed by atoms with Crippen LogP contribution in [0.2, 0.25) is 0 Å². The van der Waals surface area contributed by atoms with Crippen LogP contribution in [0.1, 0.15) is 5.56 Å². The van der Waals surface area contributed by atoms with E-state index in [1.54, 1.807) is 16.7 Å². The van der Waals surface area contributed by atoms with Crippen LogP contribution in [0.3, 0.4) is 0 Å². The van der Waals surface area contributed by atoms with Crippen molar-refractivity contribution < 1.29 is 4.74 Å². The Labute approximate surface area is 109 Å². The minimum Gasteiger partial charge on any atom is -0.485 e. The van der Waals surface area contributed by atoms with E-state index in [0.29, 0.717) is 18.0 Å². The molecule has 2 aromatic heterocycles. The first-order chi connectivity index (χ1) is 9.38. The zero-order valence-corrected chi connectivity index (χ0v) is 10.1. The van der Waals surface area contributed by atoms with Gasteiger partial charge in [0.1, 0.15) is 6.61 Å². The van der Waals surface area contributed by atoms with Gasteiger partial charge in [-0.15, -0.1) is 4.91 Å². The summed E-state index contributed by atoms with van der Waals surface area (Å²) in [6.45, 7) is 0.456. The Morgan fingerprint density at radius 1 is 1.16 bits per heavy atom. The van der Waals surface area contributed by atoms with Crippen LogP contribution in [0.15, 0.2) is 60.0 Å². The first-order valence-electron chi connectivity index (χ1n) is 5.84. The van der Waals surface area contributed by atoms with Crippen molar-refractivity contribution in [3.05, 3.63) is 65.3 Å². The van der Waals surface area contributed by atoms with Crippen molar-refractivity contribution >= 4 is 11.5 Å². The van der Waals surface area contributed by atoms with E-state index >= 15 is 0 Å². The van der Waals surface area contributed by atoms with E-state index in [9.17, 15) is 4.91 Å². The number of ether oxygens (including phenoxy) is 1. The molecule has 3 aromatic rings. The number of pyridine rings is 1. The summed E-state index contributed by atoms with van der Waals surface area (Å²) in [6.07, 6.45) is 3.16. The van der Waals surface area contributed by atoms with Crippen molar-refractivity contribution in [3.8, 4) is 5.75 Å². The maximum atomic E-state index is 10.6. The number of imidazole rings is 1. The summed E-state index contributed by atoms with van der Waals surface area (Å²) in [4.78, 5) is 14.8. The third-order valence-electron chi connectivity index (χ3n) is 2.81. The van der Waals surface area contributed by atoms with Gasteiger partial charge in [0.15, 0.2) is 11.4 Å². The van der Waals surface area contributed by atoms with Crippen LogP contribution in [-0.4, -0.2) is 9.38 Å². The third kappa shape index (κ3) is 2.18. The monoisotopic (exact) mass is 253 g/mol. The van der Waals surface area contributed by atoms with E-state index in [2.05, 4.69) is 10.2 Å². The standard InChI is InChI=1S/C14H11N3O2/c18-16-13-9-15-14-12(7-4-8-17(13)14)19-10-11-5-2-1-3-6-11/h1-9H,10H2. The normalized spacial score (nSPS) is 10.5. The molecule has 5 heteroatoms. The molecule has 0 N–H and O–H groups in total. The average Bonchev–Trinajstić information content (AvgIpc) is 2.90. The van der Waals surface area contributed by atoms with E-state index in [0.717, 1.165) is 5.56 Å². The number of nitrogens with zero attached hydrogens (tertiary/aromatic N) is 3. The molecule has 5 nitrogen and oxygen atoms in total. The van der Waals surface area contributed by atoms with Gasteiger partial charge in [-0.2, -0.15) is 0 Å². The Bertz CT molecular complexity index is 707. The summed E-state index contributed by atoms with van der Waals surface area (Å²) in [6, 6.07) is 13.5. The average molecular weight is 253 g/mol. The van der Waals surface area contributed by atoms with Crippen LogP contribution in [0, 0.1) is 4.91 Å². The number of rotatable bonds is 4. The highest BCUT2D eigenvalue weighted by Crippen LogP contribution is 2.23. The number of hydrogen-bond acceptors (Lipinski definition) is 4. The Hall–Kier alpha value is -2.69. The fraction of sp³-hybridized carbons (Fsp3) is 0.0714. The molecule has 0 spiro atoms. The van der Waals surface area contributed by atoms with Gasteiger partial charge in [0.25, 0.3) is 0 Å². The van der Waals surface area contributed by atoms with Crippen LogP contribution in [0.25, 0.3) is 5.65 Å². The molecule has 0 saturated carbocycles. The van der Waals surface area contributed by atoms with Gasteiger partial charge in [-0.05, 0) is 22.9 Å². The molecule has 0 amide bonds. The van der Waals surface area contributed by atoms with Crippen LogP contribution >= 0.6 is 0 Å². The molecule has 0 aliphatic rings. The molecule has 0 saturated heterocycles. The minimum absolute atomic E-state index is 0.264. The number of aromatic nitrogens is 2. The Morgan fingerprint density at radius 3 is 2.79 bits per heavy atom. The Kier molecular flexibility index (Phi) is 2.94. The number of benzene rings is 1. The summed E-state index contributed by atoms with van der Waals surface area (Å²) in [5.41, 5.74) is 1.66. The number of nitroso groups, excluding NO2 is 1. The summed E-state index contributed by atoms with van der Waals surface area (Å²) in [5.74, 6) is 0.890. The molecule has 0 atom stereocenters. The lowest BCUT2D eigenvalue weighted by atomic mass is 10.2. The largest absolute Gasteiger partial charge is 0.485 e.